The predicted octanol–water partition coefficient (Wildman–Crippen LogP) is 3.71. The Morgan fingerprint density at radius 3 is 2.60 bits per heavy atom. The third-order valence-electron chi connectivity index (χ3n) is 5.39. The number of nitrogens with zero attached hydrogens (tertiary/aromatic N) is 1. The molecule has 0 amide bonds. The summed E-state index contributed by atoms with van der Waals surface area (Å²) in [6, 6.07) is 12.5. The number of phosphoric acid groups is 1. The van der Waals surface area contributed by atoms with E-state index >= 15 is 0 Å². The molecule has 0 aliphatic heterocycles. The molecule has 35 heavy (non-hydrogen) atoms. The number of hydrogen-bond acceptors (Lipinski definition) is 6. The molecule has 4 rings (SSSR count). The van der Waals surface area contributed by atoms with Crippen molar-refractivity contribution in [2.75, 3.05) is 19.0 Å². The number of aryl methyl sites for hydroxylation is 1. The summed E-state index contributed by atoms with van der Waals surface area (Å²) in [5.74, 6) is 0.559. The van der Waals surface area contributed by atoms with E-state index in [9.17, 15) is 13.0 Å². The summed E-state index contributed by atoms with van der Waals surface area (Å²) < 4.78 is 46.1. The monoisotopic (exact) mass is 528 g/mol. The molecule has 0 aliphatic rings. The zero-order valence-corrected chi connectivity index (χ0v) is 20.4. The maximum atomic E-state index is 12.4. The third kappa shape index (κ3) is 6.34. The van der Waals surface area contributed by atoms with Gasteiger partial charge in [0.15, 0.2) is 9.84 Å². The summed E-state index contributed by atoms with van der Waals surface area (Å²) in [5, 5.41) is 1.73. The molecule has 0 bridgehead atoms. The molecule has 0 atom stereocenters. The van der Waals surface area contributed by atoms with Crippen LogP contribution in [0.1, 0.15) is 18.9 Å². The number of sulfone groups is 1. The normalized spacial score (nSPS) is 12.1. The first-order chi connectivity index (χ1) is 16.1. The van der Waals surface area contributed by atoms with Crippen LogP contribution in [0.15, 0.2) is 53.6 Å². The SMILES string of the molecule is CCS(=O)(=O)c1cccc(-c2ccc(OCCCOP(=O)(O)O)c3[nH]c4ncc(C)cc4c23)c1.[NaH]. The van der Waals surface area contributed by atoms with Crippen molar-refractivity contribution >= 4 is 69.2 Å². The summed E-state index contributed by atoms with van der Waals surface area (Å²) in [7, 11) is -7.88. The number of hydrogen-bond donors (Lipinski definition) is 3. The summed E-state index contributed by atoms with van der Waals surface area (Å²) in [4.78, 5) is 25.6. The van der Waals surface area contributed by atoms with Crippen LogP contribution in [0.5, 0.6) is 5.75 Å². The number of aromatic amines is 1. The van der Waals surface area contributed by atoms with E-state index in [0.717, 1.165) is 27.5 Å². The second kappa shape index (κ2) is 11.1. The Morgan fingerprint density at radius 1 is 1.11 bits per heavy atom. The molecule has 0 saturated heterocycles. The summed E-state index contributed by atoms with van der Waals surface area (Å²) >= 11 is 0. The van der Waals surface area contributed by atoms with Crippen LogP contribution in [0.2, 0.25) is 0 Å². The minimum atomic E-state index is -4.51. The van der Waals surface area contributed by atoms with E-state index in [4.69, 9.17) is 14.5 Å². The zero-order chi connectivity index (χ0) is 24.5. The molecule has 0 radical (unpaired) electrons. The Labute approximate surface area is 225 Å². The van der Waals surface area contributed by atoms with Gasteiger partial charge in [-0.25, -0.2) is 18.0 Å². The molecule has 2 aromatic heterocycles. The van der Waals surface area contributed by atoms with Crippen molar-refractivity contribution < 1.29 is 32.0 Å². The molecule has 182 valence electrons. The van der Waals surface area contributed by atoms with E-state index in [1.165, 1.54) is 0 Å². The van der Waals surface area contributed by atoms with E-state index in [0.29, 0.717) is 16.9 Å². The van der Waals surface area contributed by atoms with E-state index in [1.807, 2.05) is 25.1 Å². The van der Waals surface area contributed by atoms with E-state index in [1.54, 1.807) is 37.4 Å². The van der Waals surface area contributed by atoms with Crippen LogP contribution in [-0.2, 0) is 18.9 Å². The number of aromatic nitrogens is 2. The van der Waals surface area contributed by atoms with Crippen LogP contribution >= 0.6 is 7.82 Å². The molecule has 0 unspecified atom stereocenters. The molecular weight excluding hydrogens is 502 g/mol. The Balaban J connectivity index is 0.00000342. The summed E-state index contributed by atoms with van der Waals surface area (Å²) in [6.07, 6.45) is 2.04. The van der Waals surface area contributed by atoms with Gasteiger partial charge in [0.05, 0.1) is 29.4 Å². The quantitative estimate of drug-likeness (QED) is 0.170. The number of fused-ring (bicyclic) bond motifs is 3. The molecule has 12 heteroatoms. The first-order valence-corrected chi connectivity index (χ1v) is 13.8. The number of benzene rings is 2. The average Bonchev–Trinajstić information content (AvgIpc) is 3.17. The van der Waals surface area contributed by atoms with Crippen molar-refractivity contribution in [3.05, 3.63) is 54.2 Å². The number of phosphoric ester groups is 1. The van der Waals surface area contributed by atoms with Gasteiger partial charge in [-0.05, 0) is 53.9 Å². The van der Waals surface area contributed by atoms with Gasteiger partial charge in [0.1, 0.15) is 11.4 Å². The first-order valence-electron chi connectivity index (χ1n) is 10.7. The van der Waals surface area contributed by atoms with Crippen molar-refractivity contribution in [2.24, 2.45) is 0 Å². The fraction of sp³-hybridized carbons (Fsp3) is 0.261. The van der Waals surface area contributed by atoms with E-state index in [2.05, 4.69) is 14.5 Å². The van der Waals surface area contributed by atoms with Gasteiger partial charge in [0, 0.05) is 23.4 Å². The van der Waals surface area contributed by atoms with E-state index in [-0.39, 0.29) is 59.8 Å². The second-order valence-corrected chi connectivity index (χ2v) is 11.4. The Morgan fingerprint density at radius 2 is 1.89 bits per heavy atom. The number of H-pyrrole nitrogens is 1. The van der Waals surface area contributed by atoms with Crippen LogP contribution in [0.25, 0.3) is 33.1 Å². The zero-order valence-electron chi connectivity index (χ0n) is 18.7. The van der Waals surface area contributed by atoms with E-state index < -0.39 is 17.7 Å². The molecule has 9 nitrogen and oxygen atoms in total. The molecule has 2 aromatic carbocycles. The molecular formula is C23H26N2NaO7PS. The van der Waals surface area contributed by atoms with Crippen LogP contribution in [0.4, 0.5) is 0 Å². The van der Waals surface area contributed by atoms with Gasteiger partial charge in [0.2, 0.25) is 0 Å². The second-order valence-electron chi connectivity index (χ2n) is 7.85. The fourth-order valence-corrected chi connectivity index (χ4v) is 5.07. The molecule has 0 aliphatic carbocycles. The van der Waals surface area contributed by atoms with Crippen LogP contribution < -0.4 is 4.74 Å². The molecule has 2 heterocycles. The maximum absolute atomic E-state index is 12.4. The Hall–Kier alpha value is -1.75. The first kappa shape index (κ1) is 27.8. The molecule has 3 N–H and O–H groups in total. The molecule has 4 aromatic rings. The third-order valence-corrected chi connectivity index (χ3v) is 7.65. The average molecular weight is 528 g/mol. The molecule has 0 fully saturated rings. The van der Waals surface area contributed by atoms with Gasteiger partial charge in [-0.2, -0.15) is 0 Å². The number of ether oxygens (including phenoxy) is 1. The van der Waals surface area contributed by atoms with Gasteiger partial charge in [-0.3, -0.25) is 4.52 Å². The Bertz CT molecular complexity index is 1520. The standard InChI is InChI=1S/C23H25N2O7PS.Na.H/c1-3-34(29,30)17-7-4-6-16(13-17)18-8-9-20(31-10-5-11-32-33(26,27)28)22-21(18)19-12-15(2)14-24-23(19)25-22;;/h4,6-9,12-14H,3,5,10-11H2,1-2H3,(H,24,25)(H2,26,27,28);;. The van der Waals surface area contributed by atoms with Crippen molar-refractivity contribution in [1.29, 1.82) is 0 Å². The van der Waals surface area contributed by atoms with Crippen molar-refractivity contribution in [3.63, 3.8) is 0 Å². The minimum absolute atomic E-state index is 0. The van der Waals surface area contributed by atoms with Gasteiger partial charge < -0.3 is 19.5 Å². The number of pyridine rings is 1. The fourth-order valence-electron chi connectivity index (χ4n) is 3.77. The summed E-state index contributed by atoms with van der Waals surface area (Å²) in [5.41, 5.74) is 3.93. The molecule has 0 spiro atoms. The predicted molar refractivity (Wildman–Crippen MR) is 137 cm³/mol. The number of rotatable bonds is 9. The Kier molecular flexibility index (Phi) is 8.83. The van der Waals surface area contributed by atoms with Crippen LogP contribution in [0, 0.1) is 6.92 Å². The summed E-state index contributed by atoms with van der Waals surface area (Å²) in [6.45, 7) is 3.60. The van der Waals surface area contributed by atoms with Gasteiger partial charge in [-0.15, -0.1) is 0 Å². The number of nitrogens with one attached hydrogen (secondary N) is 1. The molecule has 0 saturated carbocycles. The van der Waals surface area contributed by atoms with Gasteiger partial charge in [-0.1, -0.05) is 19.1 Å². The van der Waals surface area contributed by atoms with Gasteiger partial charge in [0.25, 0.3) is 0 Å². The topological polar surface area (TPSA) is 139 Å². The van der Waals surface area contributed by atoms with Crippen molar-refractivity contribution in [1.82, 2.24) is 9.97 Å². The van der Waals surface area contributed by atoms with Gasteiger partial charge >= 0.3 is 37.4 Å². The van der Waals surface area contributed by atoms with Crippen molar-refractivity contribution in [3.8, 4) is 16.9 Å². The van der Waals surface area contributed by atoms with Crippen LogP contribution in [0.3, 0.4) is 0 Å². The van der Waals surface area contributed by atoms with Crippen molar-refractivity contribution in [2.45, 2.75) is 25.2 Å². The van der Waals surface area contributed by atoms with Crippen LogP contribution in [-0.4, -0.2) is 76.7 Å².